The summed E-state index contributed by atoms with van der Waals surface area (Å²) in [7, 11) is 0. The first-order valence-corrected chi connectivity index (χ1v) is 9.72. The highest BCUT2D eigenvalue weighted by Crippen LogP contribution is 2.36. The van der Waals surface area contributed by atoms with E-state index in [0.29, 0.717) is 26.8 Å². The number of hydrogen-bond acceptors (Lipinski definition) is 9. The van der Waals surface area contributed by atoms with E-state index >= 15 is 0 Å². The number of carbonyl (C=O) groups excluding carboxylic acids is 1. The Morgan fingerprint density at radius 2 is 1.97 bits per heavy atom. The molecule has 3 aromatic rings. The summed E-state index contributed by atoms with van der Waals surface area (Å²) in [4.78, 5) is 22.9. The number of nitrogens with one attached hydrogen (secondary N) is 1. The van der Waals surface area contributed by atoms with Crippen LogP contribution >= 0.6 is 11.3 Å². The van der Waals surface area contributed by atoms with Gasteiger partial charge >= 0.3 is 4.94 Å². The van der Waals surface area contributed by atoms with Gasteiger partial charge < -0.3 is 34.5 Å². The lowest BCUT2D eigenvalue weighted by molar-refractivity contribution is -0.244. The number of benzene rings is 2. The van der Waals surface area contributed by atoms with Gasteiger partial charge in [0.1, 0.15) is 30.1 Å². The van der Waals surface area contributed by atoms with E-state index in [1.165, 1.54) is 6.92 Å². The maximum atomic E-state index is 11.7. The Bertz CT molecular complexity index is 1110. The molecule has 10 heteroatoms. The molecule has 0 radical (unpaired) electrons. The highest BCUT2D eigenvalue weighted by Gasteiger charge is 2.46. The van der Waals surface area contributed by atoms with E-state index in [1.54, 1.807) is 30.3 Å². The van der Waals surface area contributed by atoms with Crippen molar-refractivity contribution in [3.63, 3.8) is 0 Å². The molecule has 1 fully saturated rings. The number of ether oxygens (including phenoxy) is 2. The molecule has 4 rings (SSSR count). The number of rotatable bonds is 4. The SMILES string of the molecule is CC(=O)NC1C(Oc2cc3sc(=O)oc3c3ccccc23)OC(CO)C(O)C1O. The molecule has 0 spiro atoms. The van der Waals surface area contributed by atoms with E-state index in [1.807, 2.05) is 0 Å². The van der Waals surface area contributed by atoms with Gasteiger partial charge in [-0.2, -0.15) is 0 Å². The van der Waals surface area contributed by atoms with Crippen molar-refractivity contribution < 1.29 is 34.0 Å². The second-order valence-electron chi connectivity index (χ2n) is 6.75. The molecule has 2 heterocycles. The van der Waals surface area contributed by atoms with E-state index < -0.39 is 48.1 Å². The summed E-state index contributed by atoms with van der Waals surface area (Å²) in [5.41, 5.74) is 0.439. The van der Waals surface area contributed by atoms with Crippen molar-refractivity contribution in [3.05, 3.63) is 40.1 Å². The van der Waals surface area contributed by atoms with Gasteiger partial charge in [0.25, 0.3) is 0 Å². The summed E-state index contributed by atoms with van der Waals surface area (Å²) >= 11 is 0.918. The van der Waals surface area contributed by atoms with Crippen LogP contribution in [0.4, 0.5) is 0 Å². The highest BCUT2D eigenvalue weighted by atomic mass is 32.1. The second kappa shape index (κ2) is 7.73. The molecule has 1 aliphatic rings. The molecule has 0 saturated carbocycles. The van der Waals surface area contributed by atoms with Gasteiger partial charge in [-0.3, -0.25) is 4.79 Å². The highest BCUT2D eigenvalue weighted by molar-refractivity contribution is 7.16. The molecule has 4 N–H and O–H groups in total. The zero-order valence-electron chi connectivity index (χ0n) is 15.3. The van der Waals surface area contributed by atoms with Crippen LogP contribution < -0.4 is 15.0 Å². The lowest BCUT2D eigenvalue weighted by Gasteiger charge is -2.42. The smallest absolute Gasteiger partial charge is 0.396 e. The third kappa shape index (κ3) is 3.61. The van der Waals surface area contributed by atoms with Crippen LogP contribution in [0.25, 0.3) is 21.1 Å². The first-order valence-electron chi connectivity index (χ1n) is 8.90. The maximum Gasteiger partial charge on any atom is 0.396 e. The number of aliphatic hydroxyl groups is 3. The average Bonchev–Trinajstić information content (AvgIpc) is 3.07. The first kappa shape index (κ1) is 19.8. The van der Waals surface area contributed by atoms with Crippen LogP contribution in [-0.4, -0.2) is 58.5 Å². The van der Waals surface area contributed by atoms with Crippen molar-refractivity contribution in [2.45, 2.75) is 37.6 Å². The standard InChI is InChI=1S/C19H19NO8S/c1-8(22)20-14-16(24)15(23)12(7-21)27-18(14)26-11-6-13-17(28-19(25)29-13)10-5-3-2-4-9(10)11/h2-6,12,14-16,18,21,23-24H,7H2,1H3,(H,20,22). The van der Waals surface area contributed by atoms with Gasteiger partial charge in [0.2, 0.25) is 12.2 Å². The molecule has 5 atom stereocenters. The van der Waals surface area contributed by atoms with Gasteiger partial charge in [0.15, 0.2) is 5.58 Å². The molecule has 9 nitrogen and oxygen atoms in total. The fourth-order valence-electron chi connectivity index (χ4n) is 3.46. The molecule has 1 aliphatic heterocycles. The number of aliphatic hydroxyl groups excluding tert-OH is 3. The fourth-order valence-corrected chi connectivity index (χ4v) is 4.17. The molecule has 1 saturated heterocycles. The molecule has 5 unspecified atom stereocenters. The van der Waals surface area contributed by atoms with E-state index in [2.05, 4.69) is 5.32 Å². The van der Waals surface area contributed by atoms with Crippen molar-refractivity contribution in [1.82, 2.24) is 5.32 Å². The van der Waals surface area contributed by atoms with E-state index in [4.69, 9.17) is 13.9 Å². The Morgan fingerprint density at radius 3 is 2.66 bits per heavy atom. The quantitative estimate of drug-likeness (QED) is 0.473. The normalized spacial score (nSPS) is 27.2. The zero-order chi connectivity index (χ0) is 20.7. The molecular weight excluding hydrogens is 402 g/mol. The minimum atomic E-state index is -1.42. The molecule has 154 valence electrons. The molecule has 0 aliphatic carbocycles. The lowest BCUT2D eigenvalue weighted by atomic mass is 9.97. The predicted molar refractivity (Wildman–Crippen MR) is 104 cm³/mol. The molecule has 2 aromatic carbocycles. The Kier molecular flexibility index (Phi) is 5.28. The Hall–Kier alpha value is -2.50. The van der Waals surface area contributed by atoms with Crippen molar-refractivity contribution in [2.24, 2.45) is 0 Å². The molecular formula is C19H19NO8S. The number of hydrogen-bond donors (Lipinski definition) is 4. The van der Waals surface area contributed by atoms with Gasteiger partial charge in [-0.1, -0.05) is 35.6 Å². The van der Waals surface area contributed by atoms with Crippen molar-refractivity contribution in [1.29, 1.82) is 0 Å². The number of fused-ring (bicyclic) bond motifs is 3. The summed E-state index contributed by atoms with van der Waals surface area (Å²) in [6.45, 7) is 0.715. The average molecular weight is 421 g/mol. The van der Waals surface area contributed by atoms with Crippen LogP contribution in [0.5, 0.6) is 5.75 Å². The van der Waals surface area contributed by atoms with Crippen LogP contribution in [-0.2, 0) is 9.53 Å². The summed E-state index contributed by atoms with van der Waals surface area (Å²) in [6.07, 6.45) is -5.12. The van der Waals surface area contributed by atoms with Gasteiger partial charge in [-0.05, 0) is 0 Å². The fraction of sp³-hybridized carbons (Fsp3) is 0.368. The third-order valence-electron chi connectivity index (χ3n) is 4.80. The van der Waals surface area contributed by atoms with Crippen LogP contribution in [0.3, 0.4) is 0 Å². The minimum absolute atomic E-state index is 0.339. The van der Waals surface area contributed by atoms with Gasteiger partial charge in [-0.25, -0.2) is 4.79 Å². The molecule has 29 heavy (non-hydrogen) atoms. The minimum Gasteiger partial charge on any atom is -0.462 e. The zero-order valence-corrected chi connectivity index (χ0v) is 16.1. The summed E-state index contributed by atoms with van der Waals surface area (Å²) in [5, 5.41) is 33.8. The summed E-state index contributed by atoms with van der Waals surface area (Å²) in [5.74, 6) is -0.111. The van der Waals surface area contributed by atoms with Crippen LogP contribution in [0.2, 0.25) is 0 Å². The topological polar surface area (TPSA) is 138 Å². The van der Waals surface area contributed by atoms with Crippen LogP contribution in [0.1, 0.15) is 6.92 Å². The maximum absolute atomic E-state index is 11.7. The van der Waals surface area contributed by atoms with Crippen molar-refractivity contribution >= 4 is 38.3 Å². The Balaban J connectivity index is 1.78. The van der Waals surface area contributed by atoms with Gasteiger partial charge in [-0.15, -0.1) is 0 Å². The van der Waals surface area contributed by atoms with E-state index in [-0.39, 0.29) is 0 Å². The number of carbonyl (C=O) groups is 1. The van der Waals surface area contributed by atoms with Crippen molar-refractivity contribution in [3.8, 4) is 5.75 Å². The molecule has 1 aromatic heterocycles. The summed E-state index contributed by atoms with van der Waals surface area (Å²) in [6, 6.07) is 7.67. The predicted octanol–water partition coefficient (Wildman–Crippen LogP) is 0.330. The lowest BCUT2D eigenvalue weighted by Crippen LogP contribution is -2.65. The molecule has 0 bridgehead atoms. The monoisotopic (exact) mass is 421 g/mol. The largest absolute Gasteiger partial charge is 0.462 e. The van der Waals surface area contributed by atoms with Gasteiger partial charge in [0, 0.05) is 23.8 Å². The van der Waals surface area contributed by atoms with Crippen LogP contribution in [0.15, 0.2) is 39.5 Å². The Labute approximate surface area is 168 Å². The third-order valence-corrected chi connectivity index (χ3v) is 5.57. The van der Waals surface area contributed by atoms with E-state index in [9.17, 15) is 24.9 Å². The second-order valence-corrected chi connectivity index (χ2v) is 7.73. The number of amides is 1. The van der Waals surface area contributed by atoms with Gasteiger partial charge in [0.05, 0.1) is 11.3 Å². The first-order chi connectivity index (χ1) is 13.9. The van der Waals surface area contributed by atoms with Crippen molar-refractivity contribution in [2.75, 3.05) is 6.61 Å². The van der Waals surface area contributed by atoms with E-state index in [0.717, 1.165) is 11.3 Å². The van der Waals surface area contributed by atoms with Crippen LogP contribution in [0, 0.1) is 0 Å². The molecule has 1 amide bonds. The summed E-state index contributed by atoms with van der Waals surface area (Å²) < 4.78 is 17.5. The Morgan fingerprint density at radius 1 is 1.24 bits per heavy atom.